The molecule has 0 amide bonds. The number of ketones is 1. The highest BCUT2D eigenvalue weighted by Gasteiger charge is 2.19. The lowest BCUT2D eigenvalue weighted by Crippen LogP contribution is -2.36. The third-order valence-corrected chi connectivity index (χ3v) is 5.06. The molecule has 11 nitrogen and oxygen atoms in total. The summed E-state index contributed by atoms with van der Waals surface area (Å²) in [5.41, 5.74) is 7.19. The number of ether oxygens (including phenoxy) is 1. The highest BCUT2D eigenvalue weighted by molar-refractivity contribution is 6.04. The molecule has 1 aliphatic rings. The first kappa shape index (κ1) is 18.2. The number of hydrogen-bond acceptors (Lipinski definition) is 10. The summed E-state index contributed by atoms with van der Waals surface area (Å²) < 4.78 is 11.2. The van der Waals surface area contributed by atoms with Crippen LogP contribution in [0.25, 0.3) is 22.1 Å². The fourth-order valence-corrected chi connectivity index (χ4v) is 3.52. The number of nitrogens with zero attached hydrogens (tertiary/aromatic N) is 5. The molecule has 0 unspecified atom stereocenters. The van der Waals surface area contributed by atoms with Gasteiger partial charge in [-0.05, 0) is 24.3 Å². The van der Waals surface area contributed by atoms with Crippen LogP contribution in [0, 0.1) is 0 Å². The van der Waals surface area contributed by atoms with Gasteiger partial charge in [-0.3, -0.25) is 9.59 Å². The molecule has 0 atom stereocenters. The Morgan fingerprint density at radius 1 is 1.20 bits per heavy atom. The van der Waals surface area contributed by atoms with E-state index in [2.05, 4.69) is 30.5 Å². The molecule has 0 saturated carbocycles. The number of benzene rings is 1. The summed E-state index contributed by atoms with van der Waals surface area (Å²) >= 11 is 0. The quantitative estimate of drug-likeness (QED) is 0.365. The summed E-state index contributed by atoms with van der Waals surface area (Å²) in [5.74, 6) is -0.173. The van der Waals surface area contributed by atoms with Crippen molar-refractivity contribution >= 4 is 39.4 Å². The van der Waals surface area contributed by atoms with Gasteiger partial charge >= 0.3 is 0 Å². The zero-order chi connectivity index (χ0) is 20.7. The zero-order valence-corrected chi connectivity index (χ0v) is 15.8. The predicted molar refractivity (Wildman–Crippen MR) is 107 cm³/mol. The number of rotatable bonds is 4. The lowest BCUT2D eigenvalue weighted by Gasteiger charge is -2.28. The van der Waals surface area contributed by atoms with E-state index in [9.17, 15) is 9.59 Å². The zero-order valence-electron chi connectivity index (χ0n) is 15.8. The minimum absolute atomic E-state index is 0.0246. The van der Waals surface area contributed by atoms with E-state index in [-0.39, 0.29) is 45.9 Å². The van der Waals surface area contributed by atoms with Gasteiger partial charge in [0, 0.05) is 18.8 Å². The maximum absolute atomic E-state index is 13.2. The monoisotopic (exact) mass is 407 g/mol. The highest BCUT2D eigenvalue weighted by atomic mass is 16.5. The Kier molecular flexibility index (Phi) is 4.36. The summed E-state index contributed by atoms with van der Waals surface area (Å²) in [6, 6.07) is 6.86. The molecule has 3 aromatic heterocycles. The van der Waals surface area contributed by atoms with Crippen LogP contribution in [-0.4, -0.2) is 57.7 Å². The molecule has 5 rings (SSSR count). The topological polar surface area (TPSA) is 153 Å². The number of nitrogens with two attached hydrogens (primary N) is 1. The molecular formula is C19H17N7O4. The van der Waals surface area contributed by atoms with Crippen molar-refractivity contribution in [2.75, 3.05) is 36.9 Å². The normalized spacial score (nSPS) is 14.5. The molecule has 0 radical (unpaired) electrons. The van der Waals surface area contributed by atoms with E-state index in [0.29, 0.717) is 24.2 Å². The van der Waals surface area contributed by atoms with Crippen LogP contribution >= 0.6 is 0 Å². The van der Waals surface area contributed by atoms with Crippen LogP contribution in [0.1, 0.15) is 16.2 Å². The van der Waals surface area contributed by atoms with Crippen LogP contribution in [0.15, 0.2) is 33.5 Å². The average molecular weight is 407 g/mol. The van der Waals surface area contributed by atoms with E-state index in [1.807, 2.05) is 6.07 Å². The molecule has 1 saturated heterocycles. The van der Waals surface area contributed by atoms with Gasteiger partial charge < -0.3 is 19.8 Å². The van der Waals surface area contributed by atoms with E-state index >= 15 is 0 Å². The lowest BCUT2D eigenvalue weighted by atomic mass is 10.1. The van der Waals surface area contributed by atoms with Crippen LogP contribution < -0.4 is 16.1 Å². The molecule has 1 aromatic carbocycles. The van der Waals surface area contributed by atoms with Crippen LogP contribution in [-0.2, 0) is 11.2 Å². The fraction of sp³-hybridized carbons (Fsp3) is 0.263. The minimum Gasteiger partial charge on any atom is -0.437 e. The summed E-state index contributed by atoms with van der Waals surface area (Å²) in [5, 5.41) is 13.8. The Morgan fingerprint density at radius 2 is 2.03 bits per heavy atom. The molecule has 4 heterocycles. The van der Waals surface area contributed by atoms with Crippen molar-refractivity contribution in [3.05, 3.63) is 45.9 Å². The van der Waals surface area contributed by atoms with Gasteiger partial charge in [-0.2, -0.15) is 10.2 Å². The second-order valence-electron chi connectivity index (χ2n) is 6.91. The molecule has 152 valence electrons. The van der Waals surface area contributed by atoms with Crippen molar-refractivity contribution in [1.82, 2.24) is 25.6 Å². The molecule has 0 aliphatic carbocycles. The Morgan fingerprint density at radius 3 is 2.80 bits per heavy atom. The number of hydrogen-bond donors (Lipinski definition) is 2. The number of anilines is 2. The predicted octanol–water partition coefficient (Wildman–Crippen LogP) is 0.698. The number of tetrazole rings is 1. The number of carbonyl (C=O) groups is 1. The number of morpholine rings is 1. The number of aromatic nitrogens is 5. The average Bonchev–Trinajstić information content (AvgIpc) is 3.27. The van der Waals surface area contributed by atoms with Gasteiger partial charge in [-0.25, -0.2) is 0 Å². The van der Waals surface area contributed by atoms with Gasteiger partial charge in [0.25, 0.3) is 0 Å². The van der Waals surface area contributed by atoms with Gasteiger partial charge in [-0.15, -0.1) is 10.2 Å². The molecule has 0 spiro atoms. The van der Waals surface area contributed by atoms with Crippen LogP contribution in [0.5, 0.6) is 0 Å². The molecule has 30 heavy (non-hydrogen) atoms. The first-order valence-electron chi connectivity index (χ1n) is 9.35. The van der Waals surface area contributed by atoms with E-state index < -0.39 is 0 Å². The van der Waals surface area contributed by atoms with Gasteiger partial charge in [0.15, 0.2) is 11.6 Å². The van der Waals surface area contributed by atoms with Crippen LogP contribution in [0.4, 0.5) is 11.5 Å². The summed E-state index contributed by atoms with van der Waals surface area (Å²) in [6.45, 7) is 2.77. The Bertz CT molecular complexity index is 1310. The number of H-pyrrole nitrogens is 1. The molecule has 11 heteroatoms. The molecule has 4 aromatic rings. The Balaban J connectivity index is 1.60. The van der Waals surface area contributed by atoms with Crippen molar-refractivity contribution < 1.29 is 13.9 Å². The van der Waals surface area contributed by atoms with Crippen molar-refractivity contribution in [3.63, 3.8) is 0 Å². The number of nitrogens with one attached hydrogen (secondary N) is 1. The third kappa shape index (κ3) is 3.14. The smallest absolute Gasteiger partial charge is 0.232 e. The number of nitrogen functional groups attached to an aromatic ring is 1. The number of pyridine rings is 1. The summed E-state index contributed by atoms with van der Waals surface area (Å²) in [7, 11) is 0. The van der Waals surface area contributed by atoms with Crippen molar-refractivity contribution in [2.45, 2.75) is 6.42 Å². The number of Topliss-reactive ketones (excluding diaryl/α,β-unsaturated/α-hetero) is 1. The molecule has 1 aliphatic heterocycles. The molecule has 1 fully saturated rings. The van der Waals surface area contributed by atoms with Gasteiger partial charge in [0.05, 0.1) is 36.0 Å². The highest BCUT2D eigenvalue weighted by Crippen LogP contribution is 2.25. The molecular weight excluding hydrogens is 390 g/mol. The number of carbonyl (C=O) groups excluding carboxylic acids is 1. The molecule has 3 N–H and O–H groups in total. The Labute approximate surface area is 168 Å². The Hall–Kier alpha value is -3.86. The van der Waals surface area contributed by atoms with E-state index in [4.69, 9.17) is 14.9 Å². The second-order valence-corrected chi connectivity index (χ2v) is 6.91. The van der Waals surface area contributed by atoms with Crippen molar-refractivity contribution in [3.8, 4) is 0 Å². The standard InChI is InChI=1S/C19H17N7O4/c20-18-11(14(27)9-16-22-24-25-23-16)8-13-17(28)12-7-10(26-3-5-29-6-4-26)1-2-15(12)30-19(13)21-18/h1-2,7-8H,3-6,9H2,(H2,20,21)(H,22,23,24,25). The first-order valence-corrected chi connectivity index (χ1v) is 9.35. The summed E-state index contributed by atoms with van der Waals surface area (Å²) in [4.78, 5) is 32.1. The van der Waals surface area contributed by atoms with E-state index in [0.717, 1.165) is 18.8 Å². The van der Waals surface area contributed by atoms with Gasteiger partial charge in [0.1, 0.15) is 11.4 Å². The largest absolute Gasteiger partial charge is 0.437 e. The van der Waals surface area contributed by atoms with Crippen LogP contribution in [0.2, 0.25) is 0 Å². The summed E-state index contributed by atoms with van der Waals surface area (Å²) in [6.07, 6.45) is -0.117. The SMILES string of the molecule is Nc1nc2oc3ccc(N4CCOCC4)cc3c(=O)c2cc1C(=O)Cc1nn[nH]n1. The lowest BCUT2D eigenvalue weighted by molar-refractivity contribution is 0.0991. The van der Waals surface area contributed by atoms with Gasteiger partial charge in [0.2, 0.25) is 11.1 Å². The number of aromatic amines is 1. The van der Waals surface area contributed by atoms with E-state index in [1.165, 1.54) is 6.07 Å². The van der Waals surface area contributed by atoms with Crippen molar-refractivity contribution in [2.24, 2.45) is 0 Å². The minimum atomic E-state index is -0.370. The van der Waals surface area contributed by atoms with E-state index in [1.54, 1.807) is 12.1 Å². The number of fused-ring (bicyclic) bond motifs is 2. The third-order valence-electron chi connectivity index (χ3n) is 5.06. The van der Waals surface area contributed by atoms with Gasteiger partial charge in [-0.1, -0.05) is 5.21 Å². The maximum atomic E-state index is 13.2. The first-order chi connectivity index (χ1) is 14.6. The molecule has 0 bridgehead atoms. The van der Waals surface area contributed by atoms with Crippen LogP contribution in [0.3, 0.4) is 0 Å². The van der Waals surface area contributed by atoms with Crippen molar-refractivity contribution in [1.29, 1.82) is 0 Å². The maximum Gasteiger partial charge on any atom is 0.232 e. The fourth-order valence-electron chi connectivity index (χ4n) is 3.52. The second kappa shape index (κ2) is 7.19.